The van der Waals surface area contributed by atoms with E-state index < -0.39 is 5.54 Å². The van der Waals surface area contributed by atoms with Gasteiger partial charge >= 0.3 is 6.03 Å². The van der Waals surface area contributed by atoms with Gasteiger partial charge in [-0.05, 0) is 18.4 Å². The van der Waals surface area contributed by atoms with Gasteiger partial charge in [-0.1, -0.05) is 19.4 Å². The van der Waals surface area contributed by atoms with Crippen molar-refractivity contribution >= 4 is 23.5 Å². The van der Waals surface area contributed by atoms with Gasteiger partial charge in [0, 0.05) is 5.88 Å². The molecule has 0 atom stereocenters. The lowest BCUT2D eigenvalue weighted by Gasteiger charge is -2.20. The summed E-state index contributed by atoms with van der Waals surface area (Å²) in [6.45, 7) is 3.95. The first-order valence-corrected chi connectivity index (χ1v) is 5.99. The maximum atomic E-state index is 12.1. The maximum absolute atomic E-state index is 12.1. The molecule has 1 N–H and O–H groups in total. The topological polar surface area (TPSA) is 49.4 Å². The first-order chi connectivity index (χ1) is 7.59. The number of hydrogen-bond donors (Lipinski definition) is 1. The molecule has 0 aromatic carbocycles. The third-order valence-corrected chi connectivity index (χ3v) is 3.65. The minimum Gasteiger partial charge on any atom is -0.323 e. The summed E-state index contributed by atoms with van der Waals surface area (Å²) in [4.78, 5) is 25.1. The fraction of sp³-hybridized carbons (Fsp3) is 0.636. The number of carbonyl (C=O) groups is 2. The van der Waals surface area contributed by atoms with Gasteiger partial charge in [-0.25, -0.2) is 4.79 Å². The van der Waals surface area contributed by atoms with Crippen LogP contribution in [0.5, 0.6) is 0 Å². The second-order valence-corrected chi connectivity index (χ2v) is 4.76. The van der Waals surface area contributed by atoms with Crippen molar-refractivity contribution in [3.05, 3.63) is 12.2 Å². The van der Waals surface area contributed by atoms with Gasteiger partial charge < -0.3 is 5.32 Å². The molecule has 0 radical (unpaired) electrons. The highest BCUT2D eigenvalue weighted by atomic mass is 35.5. The molecule has 5 heteroatoms. The molecule has 16 heavy (non-hydrogen) atoms. The second kappa shape index (κ2) is 4.09. The molecular formula is C11H15ClN2O2. The molecule has 1 saturated carbocycles. The number of nitrogens with one attached hydrogen (secondary N) is 1. The van der Waals surface area contributed by atoms with Crippen molar-refractivity contribution in [3.63, 3.8) is 0 Å². The van der Waals surface area contributed by atoms with E-state index in [0.717, 1.165) is 25.7 Å². The quantitative estimate of drug-likeness (QED) is 0.465. The first kappa shape index (κ1) is 11.5. The molecule has 3 amide bonds. The van der Waals surface area contributed by atoms with Gasteiger partial charge in [0.15, 0.2) is 0 Å². The van der Waals surface area contributed by atoms with Crippen molar-refractivity contribution in [2.75, 3.05) is 12.4 Å². The number of imide groups is 1. The van der Waals surface area contributed by atoms with Crippen LogP contribution in [0.25, 0.3) is 0 Å². The highest BCUT2D eigenvalue weighted by Gasteiger charge is 2.52. The molecule has 0 bridgehead atoms. The summed E-state index contributed by atoms with van der Waals surface area (Å²) in [5, 5.41) is 2.81. The van der Waals surface area contributed by atoms with Gasteiger partial charge in [-0.3, -0.25) is 9.69 Å². The van der Waals surface area contributed by atoms with Gasteiger partial charge in [0.2, 0.25) is 0 Å². The normalized spacial score (nSPS) is 22.9. The van der Waals surface area contributed by atoms with Crippen molar-refractivity contribution in [3.8, 4) is 0 Å². The molecule has 0 aromatic rings. The lowest BCUT2D eigenvalue weighted by molar-refractivity contribution is -0.130. The molecule has 1 heterocycles. The summed E-state index contributed by atoms with van der Waals surface area (Å²) in [6.07, 6.45) is 3.50. The monoisotopic (exact) mass is 242 g/mol. The standard InChI is InChI=1S/C11H15ClN2O2/c1-8(6-12)7-14-9(15)11(13-10(14)16)4-2-3-5-11/h1-7H2,(H,13,16). The molecule has 2 fully saturated rings. The van der Waals surface area contributed by atoms with E-state index in [1.807, 2.05) is 0 Å². The molecule has 1 saturated heterocycles. The van der Waals surface area contributed by atoms with Crippen LogP contribution in [0.1, 0.15) is 25.7 Å². The Morgan fingerprint density at radius 2 is 2.06 bits per heavy atom. The van der Waals surface area contributed by atoms with E-state index in [1.165, 1.54) is 4.90 Å². The fourth-order valence-electron chi connectivity index (χ4n) is 2.40. The second-order valence-electron chi connectivity index (χ2n) is 4.49. The van der Waals surface area contributed by atoms with E-state index >= 15 is 0 Å². The lowest BCUT2D eigenvalue weighted by atomic mass is 9.98. The van der Waals surface area contributed by atoms with Gasteiger partial charge in [0.25, 0.3) is 5.91 Å². The van der Waals surface area contributed by atoms with Crippen LogP contribution in [-0.4, -0.2) is 34.8 Å². The van der Waals surface area contributed by atoms with Crippen LogP contribution in [0.15, 0.2) is 12.2 Å². The zero-order valence-corrected chi connectivity index (χ0v) is 9.85. The summed E-state index contributed by atoms with van der Waals surface area (Å²) < 4.78 is 0. The Morgan fingerprint density at radius 1 is 1.44 bits per heavy atom. The SMILES string of the molecule is C=C(CCl)CN1C(=O)NC2(CCCC2)C1=O. The van der Waals surface area contributed by atoms with Crippen LogP contribution < -0.4 is 5.32 Å². The van der Waals surface area contributed by atoms with Crippen molar-refractivity contribution in [2.45, 2.75) is 31.2 Å². The predicted octanol–water partition coefficient (Wildman–Crippen LogP) is 1.65. The van der Waals surface area contributed by atoms with E-state index in [-0.39, 0.29) is 24.4 Å². The first-order valence-electron chi connectivity index (χ1n) is 5.46. The molecule has 1 aliphatic heterocycles. The van der Waals surface area contributed by atoms with E-state index in [1.54, 1.807) is 0 Å². The van der Waals surface area contributed by atoms with Crippen LogP contribution in [0.3, 0.4) is 0 Å². The van der Waals surface area contributed by atoms with E-state index in [2.05, 4.69) is 11.9 Å². The molecule has 0 unspecified atom stereocenters. The maximum Gasteiger partial charge on any atom is 0.325 e. The lowest BCUT2D eigenvalue weighted by Crippen LogP contribution is -2.44. The number of urea groups is 1. The number of rotatable bonds is 3. The van der Waals surface area contributed by atoms with Crippen molar-refractivity contribution < 1.29 is 9.59 Å². The largest absolute Gasteiger partial charge is 0.325 e. The third kappa shape index (κ3) is 1.71. The zero-order chi connectivity index (χ0) is 11.8. The van der Waals surface area contributed by atoms with Gasteiger partial charge in [-0.2, -0.15) is 0 Å². The van der Waals surface area contributed by atoms with Crippen LogP contribution in [0, 0.1) is 0 Å². The van der Waals surface area contributed by atoms with Gasteiger partial charge in [0.1, 0.15) is 5.54 Å². The van der Waals surface area contributed by atoms with Crippen molar-refractivity contribution in [2.24, 2.45) is 0 Å². The van der Waals surface area contributed by atoms with Crippen molar-refractivity contribution in [1.29, 1.82) is 0 Å². The third-order valence-electron chi connectivity index (χ3n) is 3.27. The average Bonchev–Trinajstić information content (AvgIpc) is 2.81. The zero-order valence-electron chi connectivity index (χ0n) is 9.09. The minimum absolute atomic E-state index is 0.110. The number of hydrogen-bond acceptors (Lipinski definition) is 2. The Balaban J connectivity index is 2.13. The molecule has 4 nitrogen and oxygen atoms in total. The number of amides is 3. The molecule has 2 aliphatic rings. The van der Waals surface area contributed by atoms with Crippen LogP contribution in [-0.2, 0) is 4.79 Å². The Labute approximate surface area is 99.6 Å². The predicted molar refractivity (Wildman–Crippen MR) is 61.3 cm³/mol. The fourth-order valence-corrected chi connectivity index (χ4v) is 2.49. The number of nitrogens with zero attached hydrogens (tertiary/aromatic N) is 1. The van der Waals surface area contributed by atoms with Crippen LogP contribution in [0.2, 0.25) is 0 Å². The molecule has 1 aliphatic carbocycles. The van der Waals surface area contributed by atoms with Gasteiger partial charge in [-0.15, -0.1) is 11.6 Å². The summed E-state index contributed by atoms with van der Waals surface area (Å²) >= 11 is 5.61. The smallest absolute Gasteiger partial charge is 0.323 e. The van der Waals surface area contributed by atoms with E-state index in [4.69, 9.17) is 11.6 Å². The van der Waals surface area contributed by atoms with E-state index in [0.29, 0.717) is 5.57 Å². The summed E-state index contributed by atoms with van der Waals surface area (Å²) in [5.41, 5.74) is 0.0594. The molecule has 1 spiro atoms. The van der Waals surface area contributed by atoms with Gasteiger partial charge in [0.05, 0.1) is 6.54 Å². The molecule has 88 valence electrons. The Kier molecular flexibility index (Phi) is 2.93. The molecular weight excluding hydrogens is 228 g/mol. The molecule has 2 rings (SSSR count). The Hall–Kier alpha value is -1.03. The van der Waals surface area contributed by atoms with Crippen molar-refractivity contribution in [1.82, 2.24) is 10.2 Å². The number of alkyl halides is 1. The molecule has 0 aromatic heterocycles. The van der Waals surface area contributed by atoms with E-state index in [9.17, 15) is 9.59 Å². The summed E-state index contributed by atoms with van der Waals surface area (Å²) in [6, 6.07) is -0.307. The highest BCUT2D eigenvalue weighted by molar-refractivity contribution is 6.19. The number of halogens is 1. The Morgan fingerprint density at radius 3 is 2.62 bits per heavy atom. The summed E-state index contributed by atoms with van der Waals surface area (Å²) in [7, 11) is 0. The van der Waals surface area contributed by atoms with Crippen LogP contribution in [0.4, 0.5) is 4.79 Å². The average molecular weight is 243 g/mol. The highest BCUT2D eigenvalue weighted by Crippen LogP contribution is 2.35. The number of carbonyl (C=O) groups excluding carboxylic acids is 2. The minimum atomic E-state index is -0.621. The summed E-state index contributed by atoms with van der Waals surface area (Å²) in [5.74, 6) is 0.158. The Bertz CT molecular complexity index is 348. The van der Waals surface area contributed by atoms with Crippen LogP contribution >= 0.6 is 11.6 Å².